The number of aryl methyl sites for hydroxylation is 1. The molecule has 1 aliphatic heterocycles. The predicted octanol–water partition coefficient (Wildman–Crippen LogP) is 1.82. The zero-order valence-corrected chi connectivity index (χ0v) is 12.7. The fraction of sp³-hybridized carbons (Fsp3) is 0.375. The van der Waals surface area contributed by atoms with E-state index in [0.29, 0.717) is 13.1 Å². The maximum atomic E-state index is 14.0. The van der Waals surface area contributed by atoms with Gasteiger partial charge in [-0.15, -0.1) is 0 Å². The molecule has 2 aromatic rings. The van der Waals surface area contributed by atoms with E-state index in [9.17, 15) is 18.7 Å². The Kier molecular flexibility index (Phi) is 4.12. The van der Waals surface area contributed by atoms with Gasteiger partial charge in [-0.1, -0.05) is 0 Å². The lowest BCUT2D eigenvalue weighted by molar-refractivity contribution is 0.0782. The molecule has 1 N–H and O–H groups in total. The van der Waals surface area contributed by atoms with E-state index in [4.69, 9.17) is 0 Å². The first-order valence-corrected chi connectivity index (χ1v) is 7.38. The molecule has 1 saturated heterocycles. The number of aliphatic hydroxyl groups excluding tert-OH is 1. The van der Waals surface area contributed by atoms with Crippen LogP contribution < -0.4 is 0 Å². The first-order valence-electron chi connectivity index (χ1n) is 7.38. The van der Waals surface area contributed by atoms with Crippen molar-refractivity contribution < 1.29 is 18.7 Å². The molecule has 3 rings (SSSR count). The van der Waals surface area contributed by atoms with Gasteiger partial charge in [0.05, 0.1) is 5.56 Å². The largest absolute Gasteiger partial charge is 0.396 e. The highest BCUT2D eigenvalue weighted by molar-refractivity contribution is 6.00. The third-order valence-electron chi connectivity index (χ3n) is 4.08. The Bertz CT molecular complexity index is 745. The minimum Gasteiger partial charge on any atom is -0.396 e. The zero-order valence-electron chi connectivity index (χ0n) is 12.7. The molecule has 1 aliphatic rings. The second kappa shape index (κ2) is 6.08. The molecular formula is C16H17F2N3O2. The van der Waals surface area contributed by atoms with Crippen LogP contribution >= 0.6 is 0 Å². The van der Waals surface area contributed by atoms with Crippen LogP contribution in [0.25, 0.3) is 11.3 Å². The van der Waals surface area contributed by atoms with Crippen LogP contribution in [-0.2, 0) is 7.05 Å². The van der Waals surface area contributed by atoms with Crippen LogP contribution in [-0.4, -0.2) is 45.4 Å². The molecular weight excluding hydrogens is 304 g/mol. The van der Waals surface area contributed by atoms with Crippen molar-refractivity contribution in [3.8, 4) is 11.3 Å². The summed E-state index contributed by atoms with van der Waals surface area (Å²) in [4.78, 5) is 14.3. The van der Waals surface area contributed by atoms with Gasteiger partial charge in [0, 0.05) is 50.5 Å². The predicted molar refractivity (Wildman–Crippen MR) is 79.7 cm³/mol. The van der Waals surface area contributed by atoms with Crippen LogP contribution in [0.3, 0.4) is 0 Å². The van der Waals surface area contributed by atoms with Crippen LogP contribution in [0.5, 0.6) is 0 Å². The van der Waals surface area contributed by atoms with Crippen LogP contribution in [0.4, 0.5) is 8.78 Å². The van der Waals surface area contributed by atoms with Crippen molar-refractivity contribution in [3.63, 3.8) is 0 Å². The third-order valence-corrected chi connectivity index (χ3v) is 4.08. The summed E-state index contributed by atoms with van der Waals surface area (Å²) in [7, 11) is 1.64. The number of hydrogen-bond donors (Lipinski definition) is 1. The number of nitrogens with zero attached hydrogens (tertiary/aromatic N) is 3. The molecule has 1 fully saturated rings. The van der Waals surface area contributed by atoms with Crippen LogP contribution in [0.2, 0.25) is 0 Å². The van der Waals surface area contributed by atoms with E-state index < -0.39 is 11.6 Å². The van der Waals surface area contributed by atoms with E-state index in [0.717, 1.165) is 18.6 Å². The number of likely N-dealkylation sites (tertiary alicyclic amines) is 1. The summed E-state index contributed by atoms with van der Waals surface area (Å²) in [6.07, 6.45) is 2.27. The number of halogens is 2. The van der Waals surface area contributed by atoms with Crippen molar-refractivity contribution in [1.29, 1.82) is 0 Å². The Morgan fingerprint density at radius 3 is 2.87 bits per heavy atom. The van der Waals surface area contributed by atoms with Gasteiger partial charge in [0.1, 0.15) is 17.3 Å². The first kappa shape index (κ1) is 15.6. The lowest BCUT2D eigenvalue weighted by Crippen LogP contribution is -2.29. The van der Waals surface area contributed by atoms with Crippen molar-refractivity contribution in [3.05, 3.63) is 41.6 Å². The average molecular weight is 321 g/mol. The standard InChI is InChI=1S/C16H17F2N3O2/c1-20-8-13(16(23)21-5-4-10(7-21)9-22)15(19-20)12-3-2-11(17)6-14(12)18/h2-3,6,8,10,22H,4-5,7,9H2,1H3. The molecule has 0 spiro atoms. The fourth-order valence-corrected chi connectivity index (χ4v) is 2.86. The highest BCUT2D eigenvalue weighted by atomic mass is 19.1. The lowest BCUT2D eigenvalue weighted by atomic mass is 10.1. The average Bonchev–Trinajstić information content (AvgIpc) is 3.13. The van der Waals surface area contributed by atoms with E-state index >= 15 is 0 Å². The molecule has 0 aliphatic carbocycles. The molecule has 2 heterocycles. The van der Waals surface area contributed by atoms with Crippen molar-refractivity contribution in [1.82, 2.24) is 14.7 Å². The summed E-state index contributed by atoms with van der Waals surface area (Å²) in [5, 5.41) is 13.4. The van der Waals surface area contributed by atoms with Crippen molar-refractivity contribution in [2.45, 2.75) is 6.42 Å². The molecule has 0 bridgehead atoms. The maximum Gasteiger partial charge on any atom is 0.257 e. The minimum atomic E-state index is -0.757. The Hall–Kier alpha value is -2.28. The number of hydrogen-bond acceptors (Lipinski definition) is 3. The van der Waals surface area contributed by atoms with E-state index in [2.05, 4.69) is 5.10 Å². The summed E-state index contributed by atoms with van der Waals surface area (Å²) in [6.45, 7) is 1.05. The smallest absolute Gasteiger partial charge is 0.257 e. The van der Waals surface area contributed by atoms with Crippen molar-refractivity contribution >= 4 is 5.91 Å². The summed E-state index contributed by atoms with van der Waals surface area (Å²) >= 11 is 0. The molecule has 1 atom stereocenters. The third kappa shape index (κ3) is 2.96. The number of aromatic nitrogens is 2. The highest BCUT2D eigenvalue weighted by Gasteiger charge is 2.29. The molecule has 7 heteroatoms. The molecule has 1 aromatic heterocycles. The molecule has 1 unspecified atom stereocenters. The normalized spacial score (nSPS) is 17.7. The SMILES string of the molecule is Cn1cc(C(=O)N2CCC(CO)C2)c(-c2ccc(F)cc2F)n1. The number of amides is 1. The Morgan fingerprint density at radius 2 is 2.22 bits per heavy atom. The van der Waals surface area contributed by atoms with Gasteiger partial charge in [-0.3, -0.25) is 9.48 Å². The van der Waals surface area contributed by atoms with Gasteiger partial charge in [0.25, 0.3) is 5.91 Å². The fourth-order valence-electron chi connectivity index (χ4n) is 2.86. The molecule has 5 nitrogen and oxygen atoms in total. The molecule has 0 radical (unpaired) electrons. The second-order valence-electron chi connectivity index (χ2n) is 5.78. The first-order chi connectivity index (χ1) is 11.0. The summed E-state index contributed by atoms with van der Waals surface area (Å²) in [5.74, 6) is -1.62. The lowest BCUT2D eigenvalue weighted by Gasteiger charge is -2.16. The van der Waals surface area contributed by atoms with Gasteiger partial charge in [0.2, 0.25) is 0 Å². The summed E-state index contributed by atoms with van der Waals surface area (Å²) < 4.78 is 28.6. The van der Waals surface area contributed by atoms with E-state index in [1.165, 1.54) is 16.9 Å². The summed E-state index contributed by atoms with van der Waals surface area (Å²) in [5.41, 5.74) is 0.562. The molecule has 0 saturated carbocycles. The quantitative estimate of drug-likeness (QED) is 0.938. The van der Waals surface area contributed by atoms with Crippen LogP contribution in [0.1, 0.15) is 16.8 Å². The maximum absolute atomic E-state index is 14.0. The van der Waals surface area contributed by atoms with Gasteiger partial charge in [0.15, 0.2) is 0 Å². The monoisotopic (exact) mass is 321 g/mol. The Labute approximate surface area is 132 Å². The number of rotatable bonds is 3. The van der Waals surface area contributed by atoms with E-state index in [1.807, 2.05) is 0 Å². The molecule has 1 aromatic carbocycles. The molecule has 122 valence electrons. The van der Waals surface area contributed by atoms with Crippen molar-refractivity contribution in [2.75, 3.05) is 19.7 Å². The van der Waals surface area contributed by atoms with Gasteiger partial charge in [-0.05, 0) is 18.6 Å². The van der Waals surface area contributed by atoms with Gasteiger partial charge >= 0.3 is 0 Å². The molecule has 1 amide bonds. The van der Waals surface area contributed by atoms with Crippen LogP contribution in [0.15, 0.2) is 24.4 Å². The van der Waals surface area contributed by atoms with Crippen LogP contribution in [0, 0.1) is 17.6 Å². The van der Waals surface area contributed by atoms with Crippen molar-refractivity contribution in [2.24, 2.45) is 13.0 Å². The minimum absolute atomic E-state index is 0.0380. The Balaban J connectivity index is 1.96. The topological polar surface area (TPSA) is 58.4 Å². The Morgan fingerprint density at radius 1 is 1.43 bits per heavy atom. The number of carbonyl (C=O) groups excluding carboxylic acids is 1. The van der Waals surface area contributed by atoms with Gasteiger partial charge < -0.3 is 10.0 Å². The zero-order chi connectivity index (χ0) is 16.6. The number of carbonyl (C=O) groups is 1. The number of aliphatic hydroxyl groups is 1. The molecule has 23 heavy (non-hydrogen) atoms. The highest BCUT2D eigenvalue weighted by Crippen LogP contribution is 2.28. The number of benzene rings is 1. The summed E-state index contributed by atoms with van der Waals surface area (Å²) in [6, 6.07) is 3.19. The van der Waals surface area contributed by atoms with E-state index in [-0.39, 0.29) is 35.3 Å². The van der Waals surface area contributed by atoms with Gasteiger partial charge in [-0.2, -0.15) is 5.10 Å². The second-order valence-corrected chi connectivity index (χ2v) is 5.78. The van der Waals surface area contributed by atoms with E-state index in [1.54, 1.807) is 11.9 Å². The van der Waals surface area contributed by atoms with Gasteiger partial charge in [-0.25, -0.2) is 8.78 Å².